The van der Waals surface area contributed by atoms with Gasteiger partial charge in [-0.25, -0.2) is 0 Å². The molecular weight excluding hydrogens is 448 g/mol. The number of aliphatic hydroxyl groups excluding tert-OH is 4. The highest BCUT2D eigenvalue weighted by Crippen LogP contribution is 2.22. The number of ether oxygens (including phenoxy) is 4. The van der Waals surface area contributed by atoms with Crippen molar-refractivity contribution in [3.05, 3.63) is 0 Å². The van der Waals surface area contributed by atoms with Crippen LogP contribution in [0.2, 0.25) is 0 Å². The molecule has 1 aliphatic heterocycles. The molecule has 4 N–H and O–H groups in total. The molecule has 0 aromatic rings. The van der Waals surface area contributed by atoms with Crippen molar-refractivity contribution >= 4 is 11.9 Å². The predicted octanol–water partition coefficient (Wildman–Crippen LogP) is 1.59. The van der Waals surface area contributed by atoms with Crippen molar-refractivity contribution in [1.29, 1.82) is 0 Å². The number of unbranched alkanes of at least 4 members (excludes halogenated alkanes) is 7. The number of carbonyl (C=O) groups excluding carboxylic acids is 2. The van der Waals surface area contributed by atoms with E-state index >= 15 is 0 Å². The van der Waals surface area contributed by atoms with Crippen molar-refractivity contribution in [3.63, 3.8) is 0 Å². The van der Waals surface area contributed by atoms with Crippen LogP contribution in [-0.2, 0) is 28.5 Å². The lowest BCUT2D eigenvalue weighted by atomic mass is 9.99. The quantitative estimate of drug-likeness (QED) is 0.164. The first-order valence-corrected chi connectivity index (χ1v) is 12.6. The van der Waals surface area contributed by atoms with E-state index < -0.39 is 55.4 Å². The fraction of sp³-hybridized carbons (Fsp3) is 0.917. The van der Waals surface area contributed by atoms with Crippen LogP contribution in [0.5, 0.6) is 0 Å². The first-order chi connectivity index (χ1) is 16.3. The highest BCUT2D eigenvalue weighted by atomic mass is 16.7. The van der Waals surface area contributed by atoms with Crippen LogP contribution < -0.4 is 0 Å². The predicted molar refractivity (Wildman–Crippen MR) is 123 cm³/mol. The highest BCUT2D eigenvalue weighted by Gasteiger charge is 2.44. The van der Waals surface area contributed by atoms with Crippen molar-refractivity contribution < 1.29 is 49.0 Å². The van der Waals surface area contributed by atoms with Crippen molar-refractivity contribution in [2.45, 2.75) is 121 Å². The molecule has 6 atom stereocenters. The lowest BCUT2D eigenvalue weighted by Crippen LogP contribution is -2.59. The van der Waals surface area contributed by atoms with Crippen LogP contribution >= 0.6 is 0 Å². The molecule has 6 unspecified atom stereocenters. The topological polar surface area (TPSA) is 152 Å². The number of hydrogen-bond acceptors (Lipinski definition) is 10. The minimum atomic E-state index is -1.58. The normalized spacial score (nSPS) is 25.6. The number of rotatable bonds is 18. The van der Waals surface area contributed by atoms with Crippen LogP contribution in [0, 0.1) is 0 Å². The molecule has 0 bridgehead atoms. The number of esters is 2. The molecule has 1 heterocycles. The van der Waals surface area contributed by atoms with Gasteiger partial charge in [0.1, 0.15) is 31.0 Å². The van der Waals surface area contributed by atoms with E-state index in [9.17, 15) is 30.0 Å². The van der Waals surface area contributed by atoms with E-state index in [1.807, 2.05) is 0 Å². The van der Waals surface area contributed by atoms with E-state index in [1.54, 1.807) is 0 Å². The molecule has 0 aromatic heterocycles. The second kappa shape index (κ2) is 18.0. The number of hydrogen-bond donors (Lipinski definition) is 4. The standard InChI is InChI=1S/C24H44O10/c1-3-5-7-9-11-13-20(27)33-17(15-31-19(26)12-10-8-6-4-2)16-32-24-23(30)22(29)21(28)18(14-25)34-24/h17-18,21-25,28-30H,3-16H2,1-2H3. The summed E-state index contributed by atoms with van der Waals surface area (Å²) in [6.07, 6.45) is 1.03. The van der Waals surface area contributed by atoms with Gasteiger partial charge < -0.3 is 39.4 Å². The number of carbonyl (C=O) groups is 2. The average Bonchev–Trinajstić information content (AvgIpc) is 2.83. The maximum Gasteiger partial charge on any atom is 0.306 e. The van der Waals surface area contributed by atoms with Crippen LogP contribution in [0.4, 0.5) is 0 Å². The Labute approximate surface area is 202 Å². The van der Waals surface area contributed by atoms with E-state index in [-0.39, 0.29) is 26.1 Å². The van der Waals surface area contributed by atoms with Crippen LogP contribution in [0.25, 0.3) is 0 Å². The second-order valence-corrected chi connectivity index (χ2v) is 8.80. The van der Waals surface area contributed by atoms with Crippen LogP contribution in [0.1, 0.15) is 84.5 Å². The Bertz CT molecular complexity index is 556. The Morgan fingerprint density at radius 1 is 0.794 bits per heavy atom. The van der Waals surface area contributed by atoms with Crippen molar-refractivity contribution in [3.8, 4) is 0 Å². The summed E-state index contributed by atoms with van der Waals surface area (Å²) in [5.74, 6) is -0.845. The summed E-state index contributed by atoms with van der Waals surface area (Å²) in [6.45, 7) is 3.12. The van der Waals surface area contributed by atoms with Crippen LogP contribution in [0.15, 0.2) is 0 Å². The van der Waals surface area contributed by atoms with E-state index in [0.29, 0.717) is 6.42 Å². The minimum Gasteiger partial charge on any atom is -0.462 e. The molecule has 1 aliphatic rings. The Hall–Kier alpha value is -1.30. The van der Waals surface area contributed by atoms with Crippen molar-refractivity contribution in [1.82, 2.24) is 0 Å². The summed E-state index contributed by atoms with van der Waals surface area (Å²) in [7, 11) is 0. The summed E-state index contributed by atoms with van der Waals surface area (Å²) < 4.78 is 21.5. The largest absolute Gasteiger partial charge is 0.462 e. The lowest BCUT2D eigenvalue weighted by molar-refractivity contribution is -0.305. The van der Waals surface area contributed by atoms with Gasteiger partial charge in [0.05, 0.1) is 13.2 Å². The molecule has 0 amide bonds. The molecule has 0 aromatic carbocycles. The third-order valence-corrected chi connectivity index (χ3v) is 5.74. The first-order valence-electron chi connectivity index (χ1n) is 12.6. The Kier molecular flexibility index (Phi) is 16.3. The van der Waals surface area contributed by atoms with E-state index in [4.69, 9.17) is 18.9 Å². The SMILES string of the molecule is CCCCCCCC(=O)OC(COC(=O)CCCCCC)COC1OC(CO)C(O)C(O)C1O. The van der Waals surface area contributed by atoms with Gasteiger partial charge in [-0.15, -0.1) is 0 Å². The van der Waals surface area contributed by atoms with Gasteiger partial charge >= 0.3 is 11.9 Å². The average molecular weight is 493 g/mol. The number of aliphatic hydroxyl groups is 4. The maximum absolute atomic E-state index is 12.3. The van der Waals surface area contributed by atoms with Gasteiger partial charge in [0, 0.05) is 12.8 Å². The minimum absolute atomic E-state index is 0.217. The maximum atomic E-state index is 12.3. The van der Waals surface area contributed by atoms with Gasteiger partial charge in [0.25, 0.3) is 0 Å². The molecule has 0 saturated carbocycles. The molecule has 1 fully saturated rings. The fourth-order valence-electron chi connectivity index (χ4n) is 3.60. The van der Waals surface area contributed by atoms with Gasteiger partial charge in [0.15, 0.2) is 12.4 Å². The monoisotopic (exact) mass is 492 g/mol. The second-order valence-electron chi connectivity index (χ2n) is 8.80. The van der Waals surface area contributed by atoms with Gasteiger partial charge in [-0.3, -0.25) is 9.59 Å². The van der Waals surface area contributed by atoms with E-state index in [0.717, 1.165) is 51.4 Å². The molecule has 10 nitrogen and oxygen atoms in total. The molecular formula is C24H44O10. The van der Waals surface area contributed by atoms with Gasteiger partial charge in [-0.05, 0) is 12.8 Å². The third-order valence-electron chi connectivity index (χ3n) is 5.74. The van der Waals surface area contributed by atoms with Crippen molar-refractivity contribution in [2.75, 3.05) is 19.8 Å². The summed E-state index contributed by atoms with van der Waals surface area (Å²) in [6, 6.07) is 0. The summed E-state index contributed by atoms with van der Waals surface area (Å²) in [5, 5.41) is 39.2. The zero-order valence-corrected chi connectivity index (χ0v) is 20.6. The van der Waals surface area contributed by atoms with Crippen molar-refractivity contribution in [2.24, 2.45) is 0 Å². The summed E-state index contributed by atoms with van der Waals surface area (Å²) >= 11 is 0. The summed E-state index contributed by atoms with van der Waals surface area (Å²) in [4.78, 5) is 24.3. The molecule has 200 valence electrons. The summed E-state index contributed by atoms with van der Waals surface area (Å²) in [5.41, 5.74) is 0. The smallest absolute Gasteiger partial charge is 0.306 e. The van der Waals surface area contributed by atoms with Gasteiger partial charge in [-0.2, -0.15) is 0 Å². The Balaban J connectivity index is 2.59. The third kappa shape index (κ3) is 11.9. The molecule has 1 rings (SSSR count). The van der Waals surface area contributed by atoms with Crippen LogP contribution in [-0.4, -0.2) is 89.0 Å². The highest BCUT2D eigenvalue weighted by molar-refractivity contribution is 5.70. The Morgan fingerprint density at radius 2 is 1.38 bits per heavy atom. The van der Waals surface area contributed by atoms with E-state index in [1.165, 1.54) is 0 Å². The lowest BCUT2D eigenvalue weighted by Gasteiger charge is -2.39. The molecule has 10 heteroatoms. The Morgan fingerprint density at radius 3 is 2.00 bits per heavy atom. The molecule has 34 heavy (non-hydrogen) atoms. The zero-order chi connectivity index (χ0) is 25.3. The fourth-order valence-corrected chi connectivity index (χ4v) is 3.60. The van der Waals surface area contributed by atoms with Crippen LogP contribution in [0.3, 0.4) is 0 Å². The van der Waals surface area contributed by atoms with Gasteiger partial charge in [0.2, 0.25) is 0 Å². The molecule has 0 spiro atoms. The molecule has 1 saturated heterocycles. The van der Waals surface area contributed by atoms with Gasteiger partial charge in [-0.1, -0.05) is 58.8 Å². The first kappa shape index (κ1) is 30.7. The molecule has 0 radical (unpaired) electrons. The zero-order valence-electron chi connectivity index (χ0n) is 20.6. The van der Waals surface area contributed by atoms with E-state index in [2.05, 4.69) is 13.8 Å². The molecule has 0 aliphatic carbocycles.